The number of hydrogen-bond acceptors (Lipinski definition) is 4. The minimum Gasteiger partial charge on any atom is -0.846 e. The summed E-state index contributed by atoms with van der Waals surface area (Å²) in [6, 6.07) is -0.693. The van der Waals surface area contributed by atoms with Gasteiger partial charge in [0.2, 0.25) is 4.73 Å². The fourth-order valence-electron chi connectivity index (χ4n) is 0.340. The molecule has 0 bridgehead atoms. The van der Waals surface area contributed by atoms with Crippen LogP contribution in [0.15, 0.2) is 9.53 Å². The van der Waals surface area contributed by atoms with Crippen molar-refractivity contribution < 1.29 is 40.1 Å². The summed E-state index contributed by atoms with van der Waals surface area (Å²) in [5.41, 5.74) is -0.693. The van der Waals surface area contributed by atoms with Crippen LogP contribution in [-0.2, 0) is 0 Å². The fraction of sp³-hybridized carbons (Fsp3) is 0. The number of nitrogens with zero attached hydrogens (tertiary/aromatic N) is 2. The molecule has 0 fully saturated rings. The molecule has 0 radical (unpaired) electrons. The molecule has 11 heavy (non-hydrogen) atoms. The summed E-state index contributed by atoms with van der Waals surface area (Å²) in [5, 5.41) is 10.3. The molecular formula is C3H3BrN3NaO3. The van der Waals surface area contributed by atoms with Crippen molar-refractivity contribution in [1.29, 1.82) is 0 Å². The van der Waals surface area contributed by atoms with Crippen LogP contribution in [0.3, 0.4) is 0 Å². The molecule has 0 spiro atoms. The number of rotatable bonds is 0. The maximum atomic E-state index is 10.3. The van der Waals surface area contributed by atoms with E-state index < -0.39 is 11.7 Å². The smallest absolute Gasteiger partial charge is 0.846 e. The third-order valence-corrected chi connectivity index (χ3v) is 0.956. The predicted octanol–water partition coefficient (Wildman–Crippen LogP) is -4.82. The van der Waals surface area contributed by atoms with Gasteiger partial charge in [-0.1, -0.05) is 0 Å². The van der Waals surface area contributed by atoms with E-state index in [0.29, 0.717) is 0 Å². The largest absolute Gasteiger partial charge is 1.00 e. The average Bonchev–Trinajstić information content (AvgIpc) is 1.59. The molecule has 8 heteroatoms. The van der Waals surface area contributed by atoms with Gasteiger partial charge in [-0.2, -0.15) is 4.98 Å². The Bertz CT molecular complexity index is 254. The second kappa shape index (κ2) is 5.67. The second-order valence-corrected chi connectivity index (χ2v) is 1.94. The second-order valence-electron chi connectivity index (χ2n) is 1.23. The van der Waals surface area contributed by atoms with Crippen LogP contribution in [0.5, 0.6) is 6.01 Å². The van der Waals surface area contributed by atoms with Crippen LogP contribution in [0.2, 0.25) is 0 Å². The number of halogens is 1. The monoisotopic (exact) mass is 231 g/mol. The van der Waals surface area contributed by atoms with E-state index in [9.17, 15) is 9.90 Å². The van der Waals surface area contributed by atoms with Crippen molar-refractivity contribution in [3.8, 4) is 6.01 Å². The molecule has 0 aliphatic rings. The van der Waals surface area contributed by atoms with Crippen molar-refractivity contribution in [3.63, 3.8) is 0 Å². The first kappa shape index (κ1) is 13.6. The molecule has 0 amide bonds. The van der Waals surface area contributed by atoms with Crippen LogP contribution >= 0.6 is 15.9 Å². The van der Waals surface area contributed by atoms with E-state index in [1.807, 2.05) is 4.98 Å². The maximum Gasteiger partial charge on any atom is 1.00 e. The van der Waals surface area contributed by atoms with Crippen LogP contribution in [0.1, 0.15) is 0 Å². The molecule has 3 N–H and O–H groups in total. The minimum atomic E-state index is -0.693. The zero-order valence-electron chi connectivity index (χ0n) is 5.59. The van der Waals surface area contributed by atoms with Crippen LogP contribution in [0, 0.1) is 0 Å². The first-order chi connectivity index (χ1) is 4.18. The van der Waals surface area contributed by atoms with E-state index >= 15 is 0 Å². The van der Waals surface area contributed by atoms with Crippen LogP contribution in [0.25, 0.3) is 0 Å². The van der Waals surface area contributed by atoms with E-state index in [2.05, 4.69) is 25.9 Å². The van der Waals surface area contributed by atoms with E-state index in [4.69, 9.17) is 0 Å². The molecule has 0 aliphatic heterocycles. The van der Waals surface area contributed by atoms with Gasteiger partial charge >= 0.3 is 35.2 Å². The quantitative estimate of drug-likeness (QED) is 0.452. The number of nitrogens with one attached hydrogen (secondary N) is 1. The van der Waals surface area contributed by atoms with Gasteiger partial charge < -0.3 is 15.6 Å². The molecule has 56 valence electrons. The Kier molecular flexibility index (Phi) is 7.02. The number of aromatic amines is 1. The van der Waals surface area contributed by atoms with Crippen LogP contribution in [0.4, 0.5) is 0 Å². The standard InChI is InChI=1S/C3H2BrN3O2.Na.H2O/c4-1-5-2(8)7-3(9)6-1;;/h(H2,5,6,7,8,9);;1H2/q;+1;/p-1. The SMILES string of the molecule is O.O=c1nc(Br)nc([O-])[nH]1.[Na+]. The molecule has 1 aromatic heterocycles. The van der Waals surface area contributed by atoms with Crippen molar-refractivity contribution in [2.45, 2.75) is 0 Å². The van der Waals surface area contributed by atoms with Crippen LogP contribution in [-0.4, -0.2) is 20.4 Å². The Labute approximate surface area is 91.8 Å². The summed E-state index contributed by atoms with van der Waals surface area (Å²) in [6.07, 6.45) is 0. The molecule has 0 unspecified atom stereocenters. The summed E-state index contributed by atoms with van der Waals surface area (Å²) in [6.45, 7) is 0. The van der Waals surface area contributed by atoms with Crippen LogP contribution < -0.4 is 40.4 Å². The Morgan fingerprint density at radius 2 is 2.00 bits per heavy atom. The maximum absolute atomic E-state index is 10.3. The molecule has 1 aromatic rings. The van der Waals surface area contributed by atoms with E-state index in [1.54, 1.807) is 0 Å². The molecule has 0 atom stereocenters. The average molecular weight is 232 g/mol. The number of H-pyrrole nitrogens is 1. The minimum absolute atomic E-state index is 0. The van der Waals surface area contributed by atoms with Gasteiger partial charge in [-0.15, -0.1) is 0 Å². The summed E-state index contributed by atoms with van der Waals surface area (Å²) in [5.74, 6) is 0. The van der Waals surface area contributed by atoms with Crippen molar-refractivity contribution in [2.24, 2.45) is 0 Å². The van der Waals surface area contributed by atoms with E-state index in [1.165, 1.54) is 0 Å². The predicted molar refractivity (Wildman–Crippen MR) is 33.4 cm³/mol. The third-order valence-electron chi connectivity index (χ3n) is 0.601. The Morgan fingerprint density at radius 3 is 2.36 bits per heavy atom. The summed E-state index contributed by atoms with van der Waals surface area (Å²) in [4.78, 5) is 18.6. The van der Waals surface area contributed by atoms with Gasteiger partial charge in [0.1, 0.15) is 0 Å². The summed E-state index contributed by atoms with van der Waals surface area (Å²) < 4.78 is 0.0104. The number of aromatic nitrogens is 3. The van der Waals surface area contributed by atoms with Gasteiger partial charge in [-0.3, -0.25) is 0 Å². The van der Waals surface area contributed by atoms with Gasteiger partial charge in [0.05, 0.1) is 6.01 Å². The van der Waals surface area contributed by atoms with Crippen molar-refractivity contribution in [2.75, 3.05) is 0 Å². The molecule has 0 aromatic carbocycles. The topological polar surface area (TPSA) is 113 Å². The molecule has 0 saturated heterocycles. The van der Waals surface area contributed by atoms with Gasteiger partial charge in [0.15, 0.2) is 0 Å². The van der Waals surface area contributed by atoms with E-state index in [0.717, 1.165) is 0 Å². The molecule has 1 heterocycles. The Hall–Kier alpha value is 0.0500. The van der Waals surface area contributed by atoms with Crippen molar-refractivity contribution >= 4 is 15.9 Å². The molecule has 0 saturated carbocycles. The molecular weight excluding hydrogens is 229 g/mol. The first-order valence-corrected chi connectivity index (χ1v) is 2.78. The fourth-order valence-corrected chi connectivity index (χ4v) is 0.662. The van der Waals surface area contributed by atoms with Crippen molar-refractivity contribution in [3.05, 3.63) is 15.2 Å². The summed E-state index contributed by atoms with van der Waals surface area (Å²) in [7, 11) is 0. The molecule has 6 nitrogen and oxygen atoms in total. The van der Waals surface area contributed by atoms with E-state index in [-0.39, 0.29) is 39.8 Å². The Morgan fingerprint density at radius 1 is 1.45 bits per heavy atom. The van der Waals surface area contributed by atoms with Gasteiger partial charge in [0.25, 0.3) is 0 Å². The number of hydrogen-bond donors (Lipinski definition) is 1. The zero-order chi connectivity index (χ0) is 6.85. The summed E-state index contributed by atoms with van der Waals surface area (Å²) >= 11 is 2.77. The Balaban J connectivity index is 0. The normalized spacial score (nSPS) is 7.73. The zero-order valence-corrected chi connectivity index (χ0v) is 9.17. The first-order valence-electron chi connectivity index (χ1n) is 1.99. The third kappa shape index (κ3) is 4.49. The van der Waals surface area contributed by atoms with Gasteiger partial charge in [-0.05, 0) is 15.9 Å². The van der Waals surface area contributed by atoms with Gasteiger partial charge in [0, 0.05) is 0 Å². The molecule has 1 rings (SSSR count). The molecule has 0 aliphatic carbocycles. The van der Waals surface area contributed by atoms with Crippen molar-refractivity contribution in [1.82, 2.24) is 15.0 Å². The van der Waals surface area contributed by atoms with Gasteiger partial charge in [-0.25, -0.2) is 9.78 Å².